The van der Waals surface area contributed by atoms with Gasteiger partial charge in [-0.3, -0.25) is 4.79 Å². The van der Waals surface area contributed by atoms with Gasteiger partial charge in [0.25, 0.3) is 0 Å². The van der Waals surface area contributed by atoms with Crippen LogP contribution in [0.2, 0.25) is 0 Å². The van der Waals surface area contributed by atoms with Crippen molar-refractivity contribution in [3.05, 3.63) is 40.1 Å². The summed E-state index contributed by atoms with van der Waals surface area (Å²) in [7, 11) is 0. The summed E-state index contributed by atoms with van der Waals surface area (Å²) in [5, 5.41) is 13.1. The topological polar surface area (TPSA) is 72.7 Å². The zero-order valence-electron chi connectivity index (χ0n) is 14.8. The fourth-order valence-corrected chi connectivity index (χ4v) is 3.73. The van der Waals surface area contributed by atoms with E-state index in [0.717, 1.165) is 39.7 Å². The molecule has 3 aromatic rings. The fraction of sp³-hybridized carbons (Fsp3) is 0.444. The number of nitrogens with one attached hydrogen (secondary N) is 1. The van der Waals surface area contributed by atoms with Crippen molar-refractivity contribution in [1.29, 1.82) is 0 Å². The molecule has 2 aromatic heterocycles. The minimum absolute atomic E-state index is 0.0293. The molecule has 7 heteroatoms. The van der Waals surface area contributed by atoms with Crippen molar-refractivity contribution >= 4 is 28.3 Å². The predicted molar refractivity (Wildman–Crippen MR) is 99.8 cm³/mol. The molecule has 0 aliphatic carbocycles. The molecular weight excluding hydrogens is 334 g/mol. The van der Waals surface area contributed by atoms with Crippen molar-refractivity contribution in [3.63, 3.8) is 0 Å². The average molecular weight is 357 g/mol. The molecule has 0 bridgehead atoms. The monoisotopic (exact) mass is 357 g/mol. The van der Waals surface area contributed by atoms with E-state index in [1.54, 1.807) is 11.3 Å². The lowest BCUT2D eigenvalue weighted by Crippen LogP contribution is -2.34. The van der Waals surface area contributed by atoms with E-state index in [4.69, 9.17) is 0 Å². The van der Waals surface area contributed by atoms with Crippen LogP contribution in [0.25, 0.3) is 11.0 Å². The van der Waals surface area contributed by atoms with Crippen LogP contribution in [0.15, 0.2) is 24.3 Å². The third kappa shape index (κ3) is 3.71. The summed E-state index contributed by atoms with van der Waals surface area (Å²) in [6.45, 7) is 6.61. The lowest BCUT2D eigenvalue weighted by Gasteiger charge is -2.19. The highest BCUT2D eigenvalue weighted by Gasteiger charge is 2.23. The number of para-hydroxylation sites is 2. The average Bonchev–Trinajstić information content (AvgIpc) is 3.19. The summed E-state index contributed by atoms with van der Waals surface area (Å²) in [4.78, 5) is 17.5. The standard InChI is InChI=1S/C18H23N5OS/c1-4-14(18(24)19-11-10-17-22-21-12(3)25-17)23-15-9-7-6-8-13(15)20-16(23)5-2/h6-9,14H,4-5,10-11H2,1-3H3,(H,19,24). The Kier molecular flexibility index (Phi) is 5.43. The molecule has 0 saturated carbocycles. The molecule has 132 valence electrons. The summed E-state index contributed by atoms with van der Waals surface area (Å²) >= 11 is 1.57. The van der Waals surface area contributed by atoms with E-state index in [0.29, 0.717) is 13.0 Å². The maximum absolute atomic E-state index is 12.8. The minimum atomic E-state index is -0.251. The number of hydrogen-bond donors (Lipinski definition) is 1. The number of aryl methyl sites for hydroxylation is 2. The lowest BCUT2D eigenvalue weighted by molar-refractivity contribution is -0.124. The van der Waals surface area contributed by atoms with E-state index >= 15 is 0 Å². The third-order valence-electron chi connectivity index (χ3n) is 4.19. The second-order valence-electron chi connectivity index (χ2n) is 5.92. The molecule has 0 spiro atoms. The predicted octanol–water partition coefficient (Wildman–Crippen LogP) is 3.07. The number of carbonyl (C=O) groups is 1. The number of imidazole rings is 1. The van der Waals surface area contributed by atoms with Gasteiger partial charge in [0.1, 0.15) is 21.9 Å². The second-order valence-corrected chi connectivity index (χ2v) is 7.19. The summed E-state index contributed by atoms with van der Waals surface area (Å²) in [6, 6.07) is 7.74. The summed E-state index contributed by atoms with van der Waals surface area (Å²) in [5.41, 5.74) is 1.95. The Morgan fingerprint density at radius 3 is 2.76 bits per heavy atom. The van der Waals surface area contributed by atoms with E-state index in [1.807, 2.05) is 38.1 Å². The van der Waals surface area contributed by atoms with Crippen LogP contribution in [0.5, 0.6) is 0 Å². The molecule has 1 amide bonds. The Morgan fingerprint density at radius 2 is 2.08 bits per heavy atom. The Hall–Kier alpha value is -2.28. The van der Waals surface area contributed by atoms with Crippen LogP contribution < -0.4 is 5.32 Å². The quantitative estimate of drug-likeness (QED) is 0.705. The summed E-state index contributed by atoms with van der Waals surface area (Å²) in [5.74, 6) is 0.976. The smallest absolute Gasteiger partial charge is 0.243 e. The van der Waals surface area contributed by atoms with Crippen molar-refractivity contribution in [2.45, 2.75) is 46.1 Å². The Bertz CT molecular complexity index is 869. The second kappa shape index (κ2) is 7.74. The zero-order chi connectivity index (χ0) is 17.8. The molecule has 1 atom stereocenters. The first-order chi connectivity index (χ1) is 12.1. The number of aromatic nitrogens is 4. The van der Waals surface area contributed by atoms with Gasteiger partial charge in [0.2, 0.25) is 5.91 Å². The van der Waals surface area contributed by atoms with E-state index in [9.17, 15) is 4.79 Å². The van der Waals surface area contributed by atoms with Gasteiger partial charge in [-0.1, -0.05) is 26.0 Å². The number of benzene rings is 1. The molecule has 25 heavy (non-hydrogen) atoms. The fourth-order valence-electron chi connectivity index (χ4n) is 3.03. The van der Waals surface area contributed by atoms with Gasteiger partial charge in [0.15, 0.2) is 0 Å². The molecule has 0 fully saturated rings. The third-order valence-corrected chi connectivity index (χ3v) is 5.09. The van der Waals surface area contributed by atoms with Crippen LogP contribution in [-0.4, -0.2) is 32.2 Å². The van der Waals surface area contributed by atoms with Crippen molar-refractivity contribution < 1.29 is 4.79 Å². The normalized spacial score (nSPS) is 12.4. The van der Waals surface area contributed by atoms with Crippen molar-refractivity contribution in [2.24, 2.45) is 0 Å². The van der Waals surface area contributed by atoms with Crippen molar-refractivity contribution in [3.8, 4) is 0 Å². The van der Waals surface area contributed by atoms with Gasteiger partial charge in [0.05, 0.1) is 11.0 Å². The van der Waals surface area contributed by atoms with Gasteiger partial charge in [-0.05, 0) is 25.5 Å². The van der Waals surface area contributed by atoms with Gasteiger partial charge in [-0.2, -0.15) is 0 Å². The molecular formula is C18H23N5OS. The number of amides is 1. The molecule has 1 aromatic carbocycles. The number of fused-ring (bicyclic) bond motifs is 1. The number of carbonyl (C=O) groups excluding carboxylic acids is 1. The van der Waals surface area contributed by atoms with E-state index in [1.165, 1.54) is 0 Å². The zero-order valence-corrected chi connectivity index (χ0v) is 15.6. The Balaban J connectivity index is 1.76. The number of nitrogens with zero attached hydrogens (tertiary/aromatic N) is 4. The van der Waals surface area contributed by atoms with Crippen LogP contribution in [0.1, 0.15) is 42.1 Å². The Morgan fingerprint density at radius 1 is 1.28 bits per heavy atom. The molecule has 0 aliphatic heterocycles. The van der Waals surface area contributed by atoms with Crippen molar-refractivity contribution in [2.75, 3.05) is 6.54 Å². The van der Waals surface area contributed by atoms with Crippen LogP contribution in [0, 0.1) is 6.92 Å². The van der Waals surface area contributed by atoms with Gasteiger partial charge < -0.3 is 9.88 Å². The van der Waals surface area contributed by atoms with E-state index in [2.05, 4.69) is 32.0 Å². The van der Waals surface area contributed by atoms with Gasteiger partial charge in [-0.25, -0.2) is 4.98 Å². The highest BCUT2D eigenvalue weighted by molar-refractivity contribution is 7.11. The largest absolute Gasteiger partial charge is 0.354 e. The molecule has 6 nitrogen and oxygen atoms in total. The minimum Gasteiger partial charge on any atom is -0.354 e. The van der Waals surface area contributed by atoms with E-state index < -0.39 is 0 Å². The number of hydrogen-bond acceptors (Lipinski definition) is 5. The molecule has 0 saturated heterocycles. The van der Waals surface area contributed by atoms with Crippen LogP contribution in [0.3, 0.4) is 0 Å². The maximum atomic E-state index is 12.8. The van der Waals surface area contributed by atoms with Gasteiger partial charge in [-0.15, -0.1) is 21.5 Å². The van der Waals surface area contributed by atoms with Crippen molar-refractivity contribution in [1.82, 2.24) is 25.1 Å². The summed E-state index contributed by atoms with van der Waals surface area (Å²) < 4.78 is 2.08. The first-order valence-corrected chi connectivity index (χ1v) is 9.48. The van der Waals surface area contributed by atoms with E-state index in [-0.39, 0.29) is 11.9 Å². The van der Waals surface area contributed by atoms with Crippen LogP contribution in [-0.2, 0) is 17.6 Å². The van der Waals surface area contributed by atoms with Gasteiger partial charge in [0, 0.05) is 19.4 Å². The van der Waals surface area contributed by atoms with Crippen LogP contribution in [0.4, 0.5) is 0 Å². The first-order valence-electron chi connectivity index (χ1n) is 8.66. The number of rotatable bonds is 7. The SMILES string of the molecule is CCc1nc2ccccc2n1C(CC)C(=O)NCCc1nnc(C)s1. The lowest BCUT2D eigenvalue weighted by atomic mass is 10.2. The van der Waals surface area contributed by atoms with Gasteiger partial charge >= 0.3 is 0 Å². The molecule has 2 heterocycles. The molecule has 3 rings (SSSR count). The highest BCUT2D eigenvalue weighted by atomic mass is 32.1. The maximum Gasteiger partial charge on any atom is 0.243 e. The molecule has 0 aliphatic rings. The summed E-state index contributed by atoms with van der Waals surface area (Å²) in [6.07, 6.45) is 2.22. The molecule has 1 N–H and O–H groups in total. The molecule has 1 unspecified atom stereocenters. The first kappa shape index (κ1) is 17.5. The Labute approximate surface area is 151 Å². The molecule has 0 radical (unpaired) electrons. The highest BCUT2D eigenvalue weighted by Crippen LogP contribution is 2.24. The van der Waals surface area contributed by atoms with Crippen LogP contribution >= 0.6 is 11.3 Å².